The molecule has 0 aromatic heterocycles. The minimum atomic E-state index is -1.96. The van der Waals surface area contributed by atoms with Gasteiger partial charge in [0.2, 0.25) is 5.78 Å². The highest BCUT2D eigenvalue weighted by atomic mass is 16.7. The van der Waals surface area contributed by atoms with Crippen molar-refractivity contribution < 1.29 is 64.0 Å². The molecular formula is C33H41NO13. The number of hydrogen-bond donors (Lipinski definition) is 7. The van der Waals surface area contributed by atoms with Crippen LogP contribution in [0.2, 0.25) is 0 Å². The molecule has 0 saturated carbocycles. The van der Waals surface area contributed by atoms with Crippen LogP contribution in [0.1, 0.15) is 96.0 Å². The number of fused-ring (bicyclic) bond motifs is 3. The summed E-state index contributed by atoms with van der Waals surface area (Å²) in [5, 5.41) is 63.1. The number of carbonyl (C=O) groups is 3. The number of rotatable bonds is 10. The fourth-order valence-electron chi connectivity index (χ4n) is 6.59. The molecule has 3 aliphatic rings. The van der Waals surface area contributed by atoms with Gasteiger partial charge in [-0.15, -0.1) is 0 Å². The van der Waals surface area contributed by atoms with Gasteiger partial charge in [0.25, 0.3) is 0 Å². The number of phenolic OH excluding ortho intramolecular Hbond substituents is 3. The Hall–Kier alpha value is -3.47. The lowest BCUT2D eigenvalue weighted by molar-refractivity contribution is -0.285. The minimum absolute atomic E-state index is 0.0555. The Labute approximate surface area is 270 Å². The summed E-state index contributed by atoms with van der Waals surface area (Å²) in [6.07, 6.45) is -6.34. The van der Waals surface area contributed by atoms with Crippen LogP contribution >= 0.6 is 0 Å². The molecule has 14 heteroatoms. The molecule has 9 unspecified atom stereocenters. The van der Waals surface area contributed by atoms with Gasteiger partial charge in [0.15, 0.2) is 24.1 Å². The van der Waals surface area contributed by atoms with Gasteiger partial charge < -0.3 is 55.3 Å². The molecule has 9 atom stereocenters. The third kappa shape index (κ3) is 6.52. The summed E-state index contributed by atoms with van der Waals surface area (Å²) in [5.41, 5.74) is 3.22. The average molecular weight is 660 g/mol. The molecule has 0 spiro atoms. The fourth-order valence-corrected chi connectivity index (χ4v) is 6.59. The summed E-state index contributed by atoms with van der Waals surface area (Å²) < 4.78 is 24.2. The van der Waals surface area contributed by atoms with Crippen LogP contribution in [-0.2, 0) is 30.2 Å². The van der Waals surface area contributed by atoms with E-state index in [4.69, 9.17) is 24.7 Å². The third-order valence-corrected chi connectivity index (χ3v) is 9.01. The first-order valence-corrected chi connectivity index (χ1v) is 15.5. The predicted molar refractivity (Wildman–Crippen MR) is 162 cm³/mol. The van der Waals surface area contributed by atoms with Gasteiger partial charge in [-0.25, -0.2) is 0 Å². The highest BCUT2D eigenvalue weighted by molar-refractivity contribution is 6.31. The zero-order valence-electron chi connectivity index (χ0n) is 26.5. The van der Waals surface area contributed by atoms with Gasteiger partial charge in [-0.3, -0.25) is 14.4 Å². The first kappa shape index (κ1) is 34.9. The van der Waals surface area contributed by atoms with Crippen molar-refractivity contribution in [1.29, 1.82) is 0 Å². The molecule has 47 heavy (non-hydrogen) atoms. The van der Waals surface area contributed by atoms with Crippen LogP contribution in [0.3, 0.4) is 0 Å². The van der Waals surface area contributed by atoms with E-state index in [1.807, 2.05) is 0 Å². The van der Waals surface area contributed by atoms with Crippen molar-refractivity contribution in [2.24, 2.45) is 5.73 Å². The Morgan fingerprint density at radius 1 is 1.11 bits per heavy atom. The normalized spacial score (nSPS) is 29.0. The van der Waals surface area contributed by atoms with Crippen LogP contribution < -0.4 is 5.73 Å². The van der Waals surface area contributed by atoms with E-state index in [0.717, 1.165) is 12.1 Å². The Kier molecular flexibility index (Phi) is 9.79. The van der Waals surface area contributed by atoms with Crippen molar-refractivity contribution in [3.05, 3.63) is 51.6 Å². The molecule has 5 rings (SSSR count). The van der Waals surface area contributed by atoms with Crippen LogP contribution in [0.5, 0.6) is 17.2 Å². The predicted octanol–water partition coefficient (Wildman–Crippen LogP) is 1.24. The summed E-state index contributed by atoms with van der Waals surface area (Å²) in [7, 11) is 0. The molecule has 2 aliphatic carbocycles. The number of Topliss-reactive ketones (excluding diaryl/α,β-unsaturated/α-hetero) is 1. The van der Waals surface area contributed by atoms with E-state index >= 15 is 0 Å². The van der Waals surface area contributed by atoms with Gasteiger partial charge in [-0.2, -0.15) is 0 Å². The second-order valence-corrected chi connectivity index (χ2v) is 12.7. The molecule has 1 fully saturated rings. The maximum atomic E-state index is 13.6. The fraction of sp³-hybridized carbons (Fsp3) is 0.545. The molecule has 1 aliphatic heterocycles. The lowest BCUT2D eigenvalue weighted by atomic mass is 9.72. The number of hydrogen-bond acceptors (Lipinski definition) is 14. The van der Waals surface area contributed by atoms with E-state index in [1.165, 1.54) is 13.0 Å². The largest absolute Gasteiger partial charge is 0.507 e. The summed E-state index contributed by atoms with van der Waals surface area (Å²) in [5.74, 6) is -4.03. The zero-order valence-corrected chi connectivity index (χ0v) is 26.5. The van der Waals surface area contributed by atoms with E-state index in [0.29, 0.717) is 0 Å². The number of benzene rings is 2. The maximum Gasteiger partial charge on any atom is 0.202 e. The molecule has 0 bridgehead atoms. The summed E-state index contributed by atoms with van der Waals surface area (Å²) >= 11 is 0. The van der Waals surface area contributed by atoms with Crippen LogP contribution in [-0.4, -0.2) is 103 Å². The second kappa shape index (κ2) is 13.2. The molecule has 256 valence electrons. The third-order valence-electron chi connectivity index (χ3n) is 9.01. The van der Waals surface area contributed by atoms with Crippen molar-refractivity contribution in [1.82, 2.24) is 0 Å². The van der Waals surface area contributed by atoms with E-state index in [9.17, 15) is 45.0 Å². The van der Waals surface area contributed by atoms with Gasteiger partial charge in [0.1, 0.15) is 29.0 Å². The molecular weight excluding hydrogens is 618 g/mol. The summed E-state index contributed by atoms with van der Waals surface area (Å²) in [4.78, 5) is 39.8. The van der Waals surface area contributed by atoms with Crippen molar-refractivity contribution in [3.8, 4) is 17.2 Å². The lowest BCUT2D eigenvalue weighted by Crippen LogP contribution is -2.55. The van der Waals surface area contributed by atoms with Crippen molar-refractivity contribution >= 4 is 17.3 Å². The molecule has 14 nitrogen and oxygen atoms in total. The van der Waals surface area contributed by atoms with Gasteiger partial charge in [-0.1, -0.05) is 0 Å². The van der Waals surface area contributed by atoms with Gasteiger partial charge >= 0.3 is 0 Å². The number of aliphatic hydroxyl groups is 3. The first-order chi connectivity index (χ1) is 22.1. The molecule has 1 saturated heterocycles. The second-order valence-electron chi connectivity index (χ2n) is 12.7. The Morgan fingerprint density at radius 2 is 1.74 bits per heavy atom. The molecule has 0 amide bonds. The number of ether oxygens (including phenoxy) is 4. The van der Waals surface area contributed by atoms with E-state index in [1.54, 1.807) is 20.8 Å². The highest BCUT2D eigenvalue weighted by Crippen LogP contribution is 2.49. The zero-order chi connectivity index (χ0) is 34.5. The number of aliphatic hydroxyl groups excluding tert-OH is 2. The van der Waals surface area contributed by atoms with Gasteiger partial charge in [0.05, 0.1) is 47.7 Å². The van der Waals surface area contributed by atoms with Crippen LogP contribution in [0.25, 0.3) is 0 Å². The molecule has 0 radical (unpaired) electrons. The number of nitrogens with two attached hydrogens (primary N) is 1. The molecule has 1 heterocycles. The number of aromatic hydroxyl groups is 3. The number of carbonyl (C=O) groups excluding carboxylic acids is 3. The van der Waals surface area contributed by atoms with Crippen molar-refractivity contribution in [2.45, 2.75) is 108 Å². The van der Waals surface area contributed by atoms with Gasteiger partial charge in [-0.05, 0) is 51.5 Å². The SMILES string of the molecule is CC(=O)C1(O)Cc2cc3c(c(O)c2C(OC2CC(N)C(OC(CC(C)O)OC(C)CO)C(C)O2)C1)C(=O)c1c(O)ccc(O)c1C3=O. The van der Waals surface area contributed by atoms with Crippen molar-refractivity contribution in [2.75, 3.05) is 6.61 Å². The quantitative estimate of drug-likeness (QED) is 0.120. The summed E-state index contributed by atoms with van der Waals surface area (Å²) in [6, 6.07) is 2.73. The maximum absolute atomic E-state index is 13.6. The van der Waals surface area contributed by atoms with Crippen LogP contribution in [0.15, 0.2) is 18.2 Å². The Morgan fingerprint density at radius 3 is 2.32 bits per heavy atom. The lowest BCUT2D eigenvalue weighted by Gasteiger charge is -2.43. The standard InChI is InChI=1S/C33H41NO13/c1-13(36)7-23(44-14(2)12-35)47-32-15(3)45-24(9-19(32)34)46-22-11-33(43,16(4)37)10-17-8-18-26(30(41)25(17)22)31(42)28-21(39)6-5-20(38)27(28)29(18)40/h5-6,8,13-15,19,22-24,32,35-36,38-39,41,43H,7,9-12,34H2,1-4H3. The van der Waals surface area contributed by atoms with E-state index < -0.39 is 106 Å². The van der Waals surface area contributed by atoms with E-state index in [-0.39, 0.29) is 49.0 Å². The Balaban J connectivity index is 1.46. The molecule has 2 aromatic carbocycles. The van der Waals surface area contributed by atoms with E-state index in [2.05, 4.69) is 0 Å². The first-order valence-electron chi connectivity index (χ1n) is 15.5. The van der Waals surface area contributed by atoms with Crippen molar-refractivity contribution in [3.63, 3.8) is 0 Å². The summed E-state index contributed by atoms with van der Waals surface area (Å²) in [6.45, 7) is 5.84. The topological polar surface area (TPSA) is 236 Å². The Bertz CT molecular complexity index is 1560. The minimum Gasteiger partial charge on any atom is -0.507 e. The average Bonchev–Trinajstić information content (AvgIpc) is 2.97. The molecule has 8 N–H and O–H groups in total. The highest BCUT2D eigenvalue weighted by Gasteiger charge is 2.48. The van der Waals surface area contributed by atoms with Crippen LogP contribution in [0, 0.1) is 0 Å². The van der Waals surface area contributed by atoms with Crippen LogP contribution in [0.4, 0.5) is 0 Å². The number of phenols is 3. The molecule has 2 aromatic rings. The smallest absolute Gasteiger partial charge is 0.202 e. The van der Waals surface area contributed by atoms with Gasteiger partial charge in [0, 0.05) is 42.9 Å². The monoisotopic (exact) mass is 659 g/mol. The number of ketones is 3.